The molecule has 2 aliphatic heterocycles. The summed E-state index contributed by atoms with van der Waals surface area (Å²) < 4.78 is 59.3. The molecule has 4 heterocycles. The van der Waals surface area contributed by atoms with Crippen molar-refractivity contribution in [3.8, 4) is 17.0 Å². The lowest BCUT2D eigenvalue weighted by molar-refractivity contribution is -0.147. The average Bonchev–Trinajstić information content (AvgIpc) is 2.87. The van der Waals surface area contributed by atoms with E-state index in [1.807, 2.05) is 6.92 Å². The molecule has 4 N–H and O–H groups in total. The van der Waals surface area contributed by atoms with Crippen molar-refractivity contribution in [2.45, 2.75) is 32.0 Å². The molecule has 2 aromatic heterocycles. The number of rotatable bonds is 4. The number of fused-ring (bicyclic) bond motifs is 2. The van der Waals surface area contributed by atoms with Gasteiger partial charge in [-0.1, -0.05) is 0 Å². The molecule has 2 aliphatic rings. The molecule has 0 bridgehead atoms. The van der Waals surface area contributed by atoms with Gasteiger partial charge in [0.05, 0.1) is 12.2 Å². The van der Waals surface area contributed by atoms with Gasteiger partial charge in [-0.25, -0.2) is 19.2 Å². The number of pyridine rings is 2. The van der Waals surface area contributed by atoms with Crippen molar-refractivity contribution < 1.29 is 32.2 Å². The summed E-state index contributed by atoms with van der Waals surface area (Å²) in [6.45, 7) is 2.03. The molecule has 1 aromatic carbocycles. The van der Waals surface area contributed by atoms with Gasteiger partial charge in [-0.05, 0) is 42.8 Å². The van der Waals surface area contributed by atoms with Gasteiger partial charge in [-0.3, -0.25) is 9.80 Å². The summed E-state index contributed by atoms with van der Waals surface area (Å²) in [5.41, 5.74) is 8.07. The Bertz CT molecular complexity index is 1390. The quantitative estimate of drug-likeness (QED) is 0.328. The summed E-state index contributed by atoms with van der Waals surface area (Å²) in [7, 11) is 0. The van der Waals surface area contributed by atoms with E-state index in [1.54, 1.807) is 6.07 Å². The molecule has 38 heavy (non-hydrogen) atoms. The second kappa shape index (κ2) is 9.78. The average molecular weight is 535 g/mol. The summed E-state index contributed by atoms with van der Waals surface area (Å²) in [6, 6.07) is 2.52. The Kier molecular flexibility index (Phi) is 6.63. The minimum Gasteiger partial charge on any atom is -0.474 e. The van der Waals surface area contributed by atoms with Gasteiger partial charge in [0.1, 0.15) is 18.1 Å². The molecule has 13 heteroatoms. The normalized spacial score (nSPS) is 16.6. The van der Waals surface area contributed by atoms with E-state index in [2.05, 4.69) is 15.3 Å². The van der Waals surface area contributed by atoms with Crippen LogP contribution in [0.4, 0.5) is 39.5 Å². The number of carboxylic acid groups (broad SMARTS) is 1. The highest BCUT2D eigenvalue weighted by atomic mass is 19.4. The number of amides is 1. The fraction of sp³-hybridized carbons (Fsp3) is 0.400. The molecule has 1 saturated heterocycles. The van der Waals surface area contributed by atoms with Crippen LogP contribution in [0.25, 0.3) is 21.9 Å². The van der Waals surface area contributed by atoms with E-state index in [0.29, 0.717) is 41.1 Å². The molecule has 0 saturated carbocycles. The maximum Gasteiger partial charge on any atom is 0.413 e. The van der Waals surface area contributed by atoms with Crippen molar-refractivity contribution >= 4 is 34.1 Å². The van der Waals surface area contributed by atoms with Crippen LogP contribution in [0.15, 0.2) is 24.5 Å². The Balaban J connectivity index is 1.50. The minimum atomic E-state index is -4.32. The van der Waals surface area contributed by atoms with Gasteiger partial charge >= 0.3 is 12.3 Å². The number of nitrogens with two attached hydrogens (primary N) is 1. The highest BCUT2D eigenvalue weighted by Crippen LogP contribution is 2.40. The van der Waals surface area contributed by atoms with Gasteiger partial charge < -0.3 is 20.9 Å². The fourth-order valence-electron chi connectivity index (χ4n) is 5.14. The van der Waals surface area contributed by atoms with Crippen molar-refractivity contribution in [3.63, 3.8) is 0 Å². The third-order valence-electron chi connectivity index (χ3n) is 7.00. The number of hydrogen-bond donors (Lipinski definition) is 3. The number of aromatic nitrogens is 2. The van der Waals surface area contributed by atoms with Crippen LogP contribution >= 0.6 is 0 Å². The van der Waals surface area contributed by atoms with Gasteiger partial charge in [0.2, 0.25) is 5.88 Å². The summed E-state index contributed by atoms with van der Waals surface area (Å²) in [5, 5.41) is 14.0. The Morgan fingerprint density at radius 3 is 2.66 bits per heavy atom. The number of nitrogens with one attached hydrogen (secondary N) is 1. The molecule has 0 spiro atoms. The second-order valence-electron chi connectivity index (χ2n) is 9.44. The van der Waals surface area contributed by atoms with Crippen LogP contribution in [0.3, 0.4) is 0 Å². The van der Waals surface area contributed by atoms with Crippen LogP contribution in [-0.2, 0) is 0 Å². The standard InChI is InChI=1S/C25H26F4N6O3/c1-13-17(10-33-23-22(13)31-4-7-38-23)16-8-14-9-19(32-11-18(14)21(30)20(16)26)35(24(36)37)15-2-5-34(6-3-15)12-25(27,28)29/h8-11,15,31H,2-7,12,30H2,1H3,(H,36,37). The number of hydrogen-bond acceptors (Lipinski definition) is 7. The number of carbonyl (C=O) groups is 1. The predicted octanol–water partition coefficient (Wildman–Crippen LogP) is 4.64. The van der Waals surface area contributed by atoms with Crippen LogP contribution in [0.5, 0.6) is 5.88 Å². The monoisotopic (exact) mass is 534 g/mol. The maximum atomic E-state index is 15.4. The number of halogens is 4. The van der Waals surface area contributed by atoms with Gasteiger partial charge in [0.15, 0.2) is 5.82 Å². The van der Waals surface area contributed by atoms with Crippen LogP contribution in [-0.4, -0.2) is 71.1 Å². The van der Waals surface area contributed by atoms with Gasteiger partial charge in [-0.15, -0.1) is 0 Å². The van der Waals surface area contributed by atoms with E-state index >= 15 is 4.39 Å². The topological polar surface area (TPSA) is 117 Å². The third-order valence-corrected chi connectivity index (χ3v) is 7.00. The molecule has 202 valence electrons. The van der Waals surface area contributed by atoms with Crippen LogP contribution in [0.1, 0.15) is 18.4 Å². The molecular formula is C25H26F4N6O3. The zero-order valence-electron chi connectivity index (χ0n) is 20.5. The smallest absolute Gasteiger partial charge is 0.413 e. The number of alkyl halides is 3. The molecule has 5 rings (SSSR count). The van der Waals surface area contributed by atoms with E-state index in [-0.39, 0.29) is 43.0 Å². The summed E-state index contributed by atoms with van der Waals surface area (Å²) >= 11 is 0. The van der Waals surface area contributed by atoms with Crippen LogP contribution < -0.4 is 20.7 Å². The SMILES string of the molecule is Cc1c(-c2cc3cc(N(C(=O)O)C4CCN(CC(F)(F)F)CC4)ncc3c(N)c2F)cnc2c1NCCO2. The van der Waals surface area contributed by atoms with Crippen molar-refractivity contribution in [1.82, 2.24) is 14.9 Å². The Morgan fingerprint density at radius 2 is 1.97 bits per heavy atom. The van der Waals surface area contributed by atoms with Gasteiger partial charge in [0, 0.05) is 54.6 Å². The number of ether oxygens (including phenoxy) is 1. The molecule has 3 aromatic rings. The Labute approximate surface area is 215 Å². The van der Waals surface area contributed by atoms with Crippen molar-refractivity contribution in [2.75, 3.05) is 48.7 Å². The lowest BCUT2D eigenvalue weighted by Gasteiger charge is -2.36. The molecule has 9 nitrogen and oxygen atoms in total. The van der Waals surface area contributed by atoms with Crippen molar-refractivity contribution in [2.24, 2.45) is 0 Å². The van der Waals surface area contributed by atoms with Gasteiger partial charge in [-0.2, -0.15) is 13.2 Å². The third kappa shape index (κ3) is 4.85. The van der Waals surface area contributed by atoms with Crippen LogP contribution in [0, 0.1) is 12.7 Å². The number of anilines is 3. The molecule has 0 atom stereocenters. The molecule has 0 aliphatic carbocycles. The lowest BCUT2D eigenvalue weighted by atomic mass is 9.96. The van der Waals surface area contributed by atoms with Crippen LogP contribution in [0.2, 0.25) is 0 Å². The van der Waals surface area contributed by atoms with E-state index in [0.717, 1.165) is 10.5 Å². The zero-order chi connectivity index (χ0) is 27.2. The summed E-state index contributed by atoms with van der Waals surface area (Å²) in [5.74, 6) is -0.135. The lowest BCUT2D eigenvalue weighted by Crippen LogP contribution is -2.49. The first-order valence-electron chi connectivity index (χ1n) is 12.1. The second-order valence-corrected chi connectivity index (χ2v) is 9.44. The molecule has 0 unspecified atom stereocenters. The number of nitrogens with zero attached hydrogens (tertiary/aromatic N) is 4. The zero-order valence-corrected chi connectivity index (χ0v) is 20.5. The Hall–Kier alpha value is -3.87. The highest BCUT2D eigenvalue weighted by molar-refractivity contribution is 5.99. The largest absolute Gasteiger partial charge is 0.474 e. The van der Waals surface area contributed by atoms with E-state index < -0.39 is 30.7 Å². The van der Waals surface area contributed by atoms with E-state index in [4.69, 9.17) is 10.5 Å². The fourth-order valence-corrected chi connectivity index (χ4v) is 5.14. The van der Waals surface area contributed by atoms with E-state index in [1.165, 1.54) is 23.4 Å². The maximum absolute atomic E-state index is 15.4. The molecule has 1 amide bonds. The molecular weight excluding hydrogens is 508 g/mol. The number of benzene rings is 1. The number of nitrogen functional groups attached to an aromatic ring is 1. The van der Waals surface area contributed by atoms with Crippen molar-refractivity contribution in [3.05, 3.63) is 35.9 Å². The summed E-state index contributed by atoms with van der Waals surface area (Å²) in [4.78, 5) is 23.1. The first-order valence-corrected chi connectivity index (χ1v) is 12.1. The first kappa shape index (κ1) is 25.8. The minimum absolute atomic E-state index is 0.0894. The predicted molar refractivity (Wildman–Crippen MR) is 134 cm³/mol. The first-order chi connectivity index (χ1) is 18.0. The Morgan fingerprint density at radius 1 is 1.24 bits per heavy atom. The molecule has 1 fully saturated rings. The van der Waals surface area contributed by atoms with Crippen molar-refractivity contribution in [1.29, 1.82) is 0 Å². The molecule has 0 radical (unpaired) electrons. The van der Waals surface area contributed by atoms with Gasteiger partial charge in [0.25, 0.3) is 0 Å². The number of piperidine rings is 1. The number of likely N-dealkylation sites (tertiary alicyclic amines) is 1. The summed E-state index contributed by atoms with van der Waals surface area (Å²) in [6.07, 6.45) is -2.34. The highest BCUT2D eigenvalue weighted by Gasteiger charge is 2.35. The van der Waals surface area contributed by atoms with E-state index in [9.17, 15) is 23.1 Å².